The summed E-state index contributed by atoms with van der Waals surface area (Å²) in [5.41, 5.74) is 0. The molecule has 0 radical (unpaired) electrons. The molecule has 0 aromatic carbocycles. The minimum absolute atomic E-state index is 0.254. The van der Waals surface area contributed by atoms with Crippen LogP contribution >= 0.6 is 0 Å². The summed E-state index contributed by atoms with van der Waals surface area (Å²) in [6.45, 7) is 6.62. The van der Waals surface area contributed by atoms with Crippen LogP contribution in [0.2, 0.25) is 0 Å². The van der Waals surface area contributed by atoms with E-state index in [2.05, 4.69) is 24.1 Å². The summed E-state index contributed by atoms with van der Waals surface area (Å²) < 4.78 is 0. The molecule has 3 heteroatoms. The summed E-state index contributed by atoms with van der Waals surface area (Å²) in [7, 11) is 0. The van der Waals surface area contributed by atoms with Gasteiger partial charge in [-0.3, -0.25) is 4.79 Å². The highest BCUT2D eigenvalue weighted by Gasteiger charge is 2.32. The van der Waals surface area contributed by atoms with Crippen LogP contribution in [0.25, 0.3) is 0 Å². The Morgan fingerprint density at radius 2 is 1.94 bits per heavy atom. The van der Waals surface area contributed by atoms with Gasteiger partial charge in [-0.05, 0) is 58.0 Å². The van der Waals surface area contributed by atoms with Crippen molar-refractivity contribution in [3.05, 3.63) is 0 Å². The van der Waals surface area contributed by atoms with Gasteiger partial charge in [-0.15, -0.1) is 0 Å². The molecule has 2 fully saturated rings. The minimum Gasteiger partial charge on any atom is -0.354 e. The first kappa shape index (κ1) is 12.9. The van der Waals surface area contributed by atoms with Gasteiger partial charge in [-0.1, -0.05) is 6.92 Å². The van der Waals surface area contributed by atoms with Gasteiger partial charge in [-0.2, -0.15) is 0 Å². The second-order valence-electron chi connectivity index (χ2n) is 5.79. The molecular weight excluding hydrogens is 212 g/mol. The third-order valence-corrected chi connectivity index (χ3v) is 4.21. The molecule has 17 heavy (non-hydrogen) atoms. The predicted octanol–water partition coefficient (Wildman–Crippen LogP) is 2.17. The number of carbonyl (C=O) groups excluding carboxylic acids is 1. The van der Waals surface area contributed by atoms with Crippen LogP contribution < -0.4 is 5.32 Å². The Morgan fingerprint density at radius 1 is 1.29 bits per heavy atom. The van der Waals surface area contributed by atoms with Gasteiger partial charge in [0.25, 0.3) is 0 Å². The molecule has 0 spiro atoms. The fraction of sp³-hybridized carbons (Fsp3) is 0.929. The largest absolute Gasteiger partial charge is 0.354 e. The summed E-state index contributed by atoms with van der Waals surface area (Å²) in [5, 5.41) is 3.07. The standard InChI is InChI=1S/C14H26N2O/c1-3-11(2)15-14(17)10-12-6-8-16(9-7-12)13-4-5-13/h11-13H,3-10H2,1-2H3,(H,15,17). The minimum atomic E-state index is 0.254. The summed E-state index contributed by atoms with van der Waals surface area (Å²) in [6, 6.07) is 1.22. The lowest BCUT2D eigenvalue weighted by Gasteiger charge is -2.31. The maximum absolute atomic E-state index is 11.8. The Labute approximate surface area is 105 Å². The van der Waals surface area contributed by atoms with E-state index in [0.717, 1.165) is 18.9 Å². The van der Waals surface area contributed by atoms with Crippen molar-refractivity contribution >= 4 is 5.91 Å². The Hall–Kier alpha value is -0.570. The quantitative estimate of drug-likeness (QED) is 0.796. The van der Waals surface area contributed by atoms with E-state index in [9.17, 15) is 4.79 Å². The number of likely N-dealkylation sites (tertiary alicyclic amines) is 1. The number of rotatable bonds is 5. The average molecular weight is 238 g/mol. The van der Waals surface area contributed by atoms with E-state index >= 15 is 0 Å². The van der Waals surface area contributed by atoms with Crippen molar-refractivity contribution in [1.29, 1.82) is 0 Å². The lowest BCUT2D eigenvalue weighted by Crippen LogP contribution is -2.38. The highest BCUT2D eigenvalue weighted by atomic mass is 16.1. The third-order valence-electron chi connectivity index (χ3n) is 4.21. The fourth-order valence-electron chi connectivity index (χ4n) is 2.66. The van der Waals surface area contributed by atoms with E-state index < -0.39 is 0 Å². The summed E-state index contributed by atoms with van der Waals surface area (Å²) in [5.74, 6) is 0.873. The van der Waals surface area contributed by atoms with Crippen LogP contribution in [0.5, 0.6) is 0 Å². The van der Waals surface area contributed by atoms with Crippen LogP contribution in [0.15, 0.2) is 0 Å². The Kier molecular flexibility index (Phi) is 4.43. The average Bonchev–Trinajstić information content (AvgIpc) is 3.13. The van der Waals surface area contributed by atoms with Crippen molar-refractivity contribution in [2.75, 3.05) is 13.1 Å². The molecule has 1 N–H and O–H groups in total. The Morgan fingerprint density at radius 3 is 2.47 bits per heavy atom. The SMILES string of the molecule is CCC(C)NC(=O)CC1CCN(C2CC2)CC1. The number of nitrogens with one attached hydrogen (secondary N) is 1. The Bertz CT molecular complexity index is 255. The van der Waals surface area contributed by atoms with E-state index in [-0.39, 0.29) is 5.91 Å². The summed E-state index contributed by atoms with van der Waals surface area (Å²) in [4.78, 5) is 14.4. The zero-order chi connectivity index (χ0) is 12.3. The first-order valence-electron chi connectivity index (χ1n) is 7.22. The topological polar surface area (TPSA) is 32.3 Å². The van der Waals surface area contributed by atoms with Gasteiger partial charge in [-0.25, -0.2) is 0 Å². The van der Waals surface area contributed by atoms with Crippen LogP contribution in [0, 0.1) is 5.92 Å². The van der Waals surface area contributed by atoms with Crippen molar-refractivity contribution in [2.24, 2.45) is 5.92 Å². The number of hydrogen-bond donors (Lipinski definition) is 1. The molecule has 3 nitrogen and oxygen atoms in total. The normalized spacial score (nSPS) is 24.6. The van der Waals surface area contributed by atoms with Crippen LogP contribution in [0.3, 0.4) is 0 Å². The molecular formula is C14H26N2O. The van der Waals surface area contributed by atoms with Crippen LogP contribution in [0.4, 0.5) is 0 Å². The number of amides is 1. The summed E-state index contributed by atoms with van der Waals surface area (Å²) >= 11 is 0. The van der Waals surface area contributed by atoms with E-state index in [1.807, 2.05) is 0 Å². The highest BCUT2D eigenvalue weighted by Crippen LogP contribution is 2.31. The zero-order valence-corrected chi connectivity index (χ0v) is 11.2. The number of hydrogen-bond acceptors (Lipinski definition) is 2. The highest BCUT2D eigenvalue weighted by molar-refractivity contribution is 5.76. The van der Waals surface area contributed by atoms with Crippen molar-refractivity contribution in [1.82, 2.24) is 10.2 Å². The zero-order valence-electron chi connectivity index (χ0n) is 11.2. The van der Waals surface area contributed by atoms with E-state index in [4.69, 9.17) is 0 Å². The molecule has 1 saturated carbocycles. The summed E-state index contributed by atoms with van der Waals surface area (Å²) in [6.07, 6.45) is 6.99. The van der Waals surface area contributed by atoms with E-state index in [1.54, 1.807) is 0 Å². The van der Waals surface area contributed by atoms with Crippen molar-refractivity contribution in [2.45, 2.75) is 64.5 Å². The number of piperidine rings is 1. The van der Waals surface area contributed by atoms with Crippen molar-refractivity contribution in [3.63, 3.8) is 0 Å². The number of nitrogens with zero attached hydrogens (tertiary/aromatic N) is 1. The molecule has 0 aromatic heterocycles. The maximum Gasteiger partial charge on any atom is 0.220 e. The van der Waals surface area contributed by atoms with Crippen LogP contribution in [-0.2, 0) is 4.79 Å². The fourth-order valence-corrected chi connectivity index (χ4v) is 2.66. The molecule has 1 atom stereocenters. The molecule has 1 saturated heterocycles. The molecule has 98 valence electrons. The molecule has 1 heterocycles. The van der Waals surface area contributed by atoms with Crippen LogP contribution in [0.1, 0.15) is 52.4 Å². The third kappa shape index (κ3) is 3.98. The molecule has 1 aliphatic heterocycles. The predicted molar refractivity (Wildman–Crippen MR) is 69.8 cm³/mol. The Balaban J connectivity index is 1.64. The maximum atomic E-state index is 11.8. The van der Waals surface area contributed by atoms with Gasteiger partial charge in [0, 0.05) is 18.5 Å². The first-order valence-corrected chi connectivity index (χ1v) is 7.22. The van der Waals surface area contributed by atoms with Crippen molar-refractivity contribution < 1.29 is 4.79 Å². The first-order chi connectivity index (χ1) is 8.19. The second kappa shape index (κ2) is 5.85. The smallest absolute Gasteiger partial charge is 0.220 e. The number of carbonyl (C=O) groups is 1. The lowest BCUT2D eigenvalue weighted by atomic mass is 9.93. The van der Waals surface area contributed by atoms with Gasteiger partial charge in [0.05, 0.1) is 0 Å². The molecule has 2 rings (SSSR count). The van der Waals surface area contributed by atoms with E-state index in [0.29, 0.717) is 12.0 Å². The van der Waals surface area contributed by atoms with Gasteiger partial charge < -0.3 is 10.2 Å². The lowest BCUT2D eigenvalue weighted by molar-refractivity contribution is -0.123. The van der Waals surface area contributed by atoms with Crippen LogP contribution in [-0.4, -0.2) is 36.0 Å². The molecule has 2 aliphatic rings. The second-order valence-corrected chi connectivity index (χ2v) is 5.79. The van der Waals surface area contributed by atoms with Gasteiger partial charge in [0.2, 0.25) is 5.91 Å². The molecule has 0 bridgehead atoms. The molecule has 1 aliphatic carbocycles. The van der Waals surface area contributed by atoms with E-state index in [1.165, 1.54) is 38.8 Å². The van der Waals surface area contributed by atoms with Gasteiger partial charge in [0.1, 0.15) is 0 Å². The molecule has 0 aromatic rings. The van der Waals surface area contributed by atoms with Gasteiger partial charge in [0.15, 0.2) is 0 Å². The molecule has 1 amide bonds. The van der Waals surface area contributed by atoms with Crippen molar-refractivity contribution in [3.8, 4) is 0 Å². The monoisotopic (exact) mass is 238 g/mol. The molecule has 1 unspecified atom stereocenters. The van der Waals surface area contributed by atoms with Gasteiger partial charge >= 0.3 is 0 Å².